The minimum atomic E-state index is -0.214. The zero-order valence-corrected chi connectivity index (χ0v) is 24.5. The Labute approximate surface area is 246 Å². The second kappa shape index (κ2) is 10.3. The van der Waals surface area contributed by atoms with Gasteiger partial charge in [0, 0.05) is 35.2 Å². The van der Waals surface area contributed by atoms with Crippen LogP contribution in [0.25, 0.3) is 5.57 Å². The lowest BCUT2D eigenvalue weighted by Crippen LogP contribution is -2.42. The first-order valence-electron chi connectivity index (χ1n) is 13.3. The van der Waals surface area contributed by atoms with Crippen molar-refractivity contribution in [2.45, 2.75) is 38.4 Å². The van der Waals surface area contributed by atoms with Gasteiger partial charge in [-0.3, -0.25) is 4.98 Å². The van der Waals surface area contributed by atoms with Crippen LogP contribution in [0.4, 0.5) is 11.4 Å². The predicted octanol–water partition coefficient (Wildman–Crippen LogP) is 8.34. The van der Waals surface area contributed by atoms with Gasteiger partial charge < -0.3 is 19.9 Å². The fourth-order valence-electron chi connectivity index (χ4n) is 5.66. The van der Waals surface area contributed by atoms with Gasteiger partial charge in [-0.1, -0.05) is 41.9 Å². The number of pyridine rings is 1. The van der Waals surface area contributed by atoms with E-state index in [1.165, 1.54) is 11.1 Å². The van der Waals surface area contributed by atoms with Gasteiger partial charge in [-0.15, -0.1) is 0 Å². The highest BCUT2D eigenvalue weighted by Gasteiger charge is 2.42. The van der Waals surface area contributed by atoms with E-state index in [1.54, 1.807) is 0 Å². The number of allylic oxidation sites excluding steroid dienone is 1. The molecule has 0 saturated carbocycles. The van der Waals surface area contributed by atoms with E-state index in [1.807, 2.05) is 79.0 Å². The smallest absolute Gasteiger partial charge is 0.174 e. The molecule has 1 aromatic heterocycles. The largest absolute Gasteiger partial charge is 0.457 e. The first-order chi connectivity index (χ1) is 19.2. The molecule has 0 spiro atoms. The first-order valence-corrected chi connectivity index (χ1v) is 14.1. The monoisotopic (exact) mass is 566 g/mol. The molecule has 3 heterocycles. The zero-order chi connectivity index (χ0) is 28.0. The van der Waals surface area contributed by atoms with E-state index in [0.717, 1.165) is 34.1 Å². The third-order valence-electron chi connectivity index (χ3n) is 7.85. The molecule has 202 valence electrons. The fraction of sp³-hybridized carbons (Fsp3) is 0.212. The minimum Gasteiger partial charge on any atom is -0.457 e. The lowest BCUT2D eigenvalue weighted by Gasteiger charge is -2.41. The topological polar surface area (TPSA) is 40.6 Å². The van der Waals surface area contributed by atoms with E-state index in [9.17, 15) is 0 Å². The molecule has 5 nitrogen and oxygen atoms in total. The Morgan fingerprint density at radius 1 is 0.950 bits per heavy atom. The summed E-state index contributed by atoms with van der Waals surface area (Å²) in [7, 11) is 2.12. The number of nitrogens with zero attached hydrogens (tertiary/aromatic N) is 3. The third-order valence-corrected chi connectivity index (χ3v) is 8.49. The second-order valence-corrected chi connectivity index (χ2v) is 11.6. The molecule has 2 aliphatic rings. The maximum absolute atomic E-state index is 7.13. The Bertz CT molecular complexity index is 1590. The number of thiocarbonyl (C=S) groups is 1. The summed E-state index contributed by atoms with van der Waals surface area (Å²) in [6, 6.07) is 27.6. The lowest BCUT2D eigenvalue weighted by atomic mass is 9.86. The van der Waals surface area contributed by atoms with Crippen LogP contribution in [0.15, 0.2) is 97.2 Å². The van der Waals surface area contributed by atoms with Crippen molar-refractivity contribution in [2.75, 3.05) is 16.8 Å². The zero-order valence-electron chi connectivity index (χ0n) is 22.9. The number of likely N-dealkylation sites (N-methyl/N-ethyl adjacent to an activating group) is 1. The summed E-state index contributed by atoms with van der Waals surface area (Å²) in [5.74, 6) is 1.54. The molecule has 0 amide bonds. The molecule has 2 aliphatic heterocycles. The van der Waals surface area contributed by atoms with Crippen LogP contribution in [0.1, 0.15) is 49.7 Å². The van der Waals surface area contributed by atoms with Crippen molar-refractivity contribution in [3.05, 3.63) is 119 Å². The van der Waals surface area contributed by atoms with Crippen molar-refractivity contribution in [3.63, 3.8) is 0 Å². The van der Waals surface area contributed by atoms with Crippen LogP contribution in [-0.2, 0) is 0 Å². The summed E-state index contributed by atoms with van der Waals surface area (Å²) in [6.07, 6.45) is 4.12. The summed E-state index contributed by atoms with van der Waals surface area (Å²) < 4.78 is 6.04. The van der Waals surface area contributed by atoms with Gasteiger partial charge in [0.1, 0.15) is 11.5 Å². The first kappa shape index (κ1) is 26.4. The molecule has 3 aromatic carbocycles. The van der Waals surface area contributed by atoms with Gasteiger partial charge in [0.05, 0.1) is 23.3 Å². The van der Waals surface area contributed by atoms with E-state index < -0.39 is 0 Å². The number of fused-ring (bicyclic) bond motifs is 1. The third kappa shape index (κ3) is 4.72. The number of para-hydroxylation sites is 1. The van der Waals surface area contributed by atoms with Crippen molar-refractivity contribution in [1.29, 1.82) is 0 Å². The van der Waals surface area contributed by atoms with Gasteiger partial charge in [0.15, 0.2) is 5.11 Å². The average Bonchev–Trinajstić information content (AvgIpc) is 3.29. The van der Waals surface area contributed by atoms with Crippen LogP contribution in [0.3, 0.4) is 0 Å². The van der Waals surface area contributed by atoms with Gasteiger partial charge in [-0.25, -0.2) is 0 Å². The number of ether oxygens (including phenoxy) is 1. The maximum Gasteiger partial charge on any atom is 0.174 e. The quantitative estimate of drug-likeness (QED) is 0.245. The fourth-order valence-corrected chi connectivity index (χ4v) is 6.28. The molecule has 2 atom stereocenters. The molecule has 0 aliphatic carbocycles. The van der Waals surface area contributed by atoms with E-state index in [2.05, 4.69) is 61.1 Å². The van der Waals surface area contributed by atoms with E-state index in [-0.39, 0.29) is 17.6 Å². The number of benzene rings is 3. The number of rotatable bonds is 5. The minimum absolute atomic E-state index is 0.107. The predicted molar refractivity (Wildman–Crippen MR) is 168 cm³/mol. The summed E-state index contributed by atoms with van der Waals surface area (Å²) in [5.41, 5.74) is 6.26. The molecule has 1 fully saturated rings. The lowest BCUT2D eigenvalue weighted by molar-refractivity contribution is 0.482. The molecular formula is C33H31ClN4OS. The van der Waals surface area contributed by atoms with Crippen molar-refractivity contribution < 1.29 is 4.74 Å². The van der Waals surface area contributed by atoms with Gasteiger partial charge in [-0.2, -0.15) is 0 Å². The van der Waals surface area contributed by atoms with Crippen molar-refractivity contribution in [2.24, 2.45) is 0 Å². The Hall–Kier alpha value is -3.87. The van der Waals surface area contributed by atoms with Crippen LogP contribution in [0.2, 0.25) is 5.02 Å². The Morgan fingerprint density at radius 3 is 2.35 bits per heavy atom. The van der Waals surface area contributed by atoms with Gasteiger partial charge in [0.2, 0.25) is 0 Å². The highest BCUT2D eigenvalue weighted by molar-refractivity contribution is 7.80. The van der Waals surface area contributed by atoms with E-state index in [0.29, 0.717) is 10.1 Å². The number of aromatic nitrogens is 1. The highest BCUT2D eigenvalue weighted by atomic mass is 35.5. The van der Waals surface area contributed by atoms with E-state index in [4.69, 9.17) is 33.5 Å². The molecule has 0 unspecified atom stereocenters. The van der Waals surface area contributed by atoms with Crippen molar-refractivity contribution in [3.8, 4) is 11.5 Å². The summed E-state index contributed by atoms with van der Waals surface area (Å²) in [5, 5.41) is 4.86. The van der Waals surface area contributed by atoms with Gasteiger partial charge in [0.25, 0.3) is 0 Å². The maximum atomic E-state index is 7.13. The van der Waals surface area contributed by atoms with Crippen LogP contribution in [0.5, 0.6) is 11.5 Å². The standard InChI is InChI=1S/C33H31ClN4OS/c1-21-20-33(2,3)37(4)29-19-27(34)26(18-25(21)29)31-30(28-12-8-9-17-35-28)36-32(40)38(31)22-13-15-24(16-14-22)39-23-10-6-5-7-11-23/h5-20,30-31H,1-4H3,(H,36,40)/t30-,31+/m0/s1. The molecule has 1 saturated heterocycles. The Morgan fingerprint density at radius 2 is 1.65 bits per heavy atom. The molecule has 40 heavy (non-hydrogen) atoms. The van der Waals surface area contributed by atoms with Gasteiger partial charge >= 0.3 is 0 Å². The van der Waals surface area contributed by atoms with E-state index >= 15 is 0 Å². The molecule has 4 aromatic rings. The summed E-state index contributed by atoms with van der Waals surface area (Å²) >= 11 is 13.1. The van der Waals surface area contributed by atoms with Gasteiger partial charge in [-0.05, 0) is 105 Å². The second-order valence-electron chi connectivity index (χ2n) is 10.8. The summed E-state index contributed by atoms with van der Waals surface area (Å²) in [4.78, 5) is 9.11. The molecule has 0 bridgehead atoms. The number of nitrogens with one attached hydrogen (secondary N) is 1. The number of hydrogen-bond acceptors (Lipinski definition) is 4. The Balaban J connectivity index is 1.44. The number of halogens is 1. The molecule has 7 heteroatoms. The van der Waals surface area contributed by atoms with Crippen LogP contribution in [0, 0.1) is 0 Å². The molecule has 6 rings (SSSR count). The molecule has 1 N–H and O–H groups in total. The molecular weight excluding hydrogens is 536 g/mol. The molecule has 0 radical (unpaired) electrons. The SMILES string of the molecule is CC1=CC(C)(C)N(C)c2cc(Cl)c([C@@H]3[C@H](c4ccccn4)NC(=S)N3c3ccc(Oc4ccccc4)cc3)cc21. The number of hydrogen-bond donors (Lipinski definition) is 1. The van der Waals surface area contributed by atoms with Crippen LogP contribution >= 0.6 is 23.8 Å². The van der Waals surface area contributed by atoms with Crippen LogP contribution < -0.4 is 19.9 Å². The highest BCUT2D eigenvalue weighted by Crippen LogP contribution is 2.48. The average molecular weight is 567 g/mol. The van der Waals surface area contributed by atoms with Crippen molar-refractivity contribution in [1.82, 2.24) is 10.3 Å². The number of anilines is 2. The normalized spacial score (nSPS) is 19.6. The Kier molecular flexibility index (Phi) is 6.77. The van der Waals surface area contributed by atoms with Crippen LogP contribution in [-0.4, -0.2) is 22.7 Å². The van der Waals surface area contributed by atoms with Crippen molar-refractivity contribution >= 4 is 45.9 Å². The summed E-state index contributed by atoms with van der Waals surface area (Å²) in [6.45, 7) is 6.59.